The van der Waals surface area contributed by atoms with Crippen molar-refractivity contribution in [3.63, 3.8) is 0 Å². The molecule has 23 heavy (non-hydrogen) atoms. The summed E-state index contributed by atoms with van der Waals surface area (Å²) in [5.41, 5.74) is 4.71. The largest absolute Gasteiger partial charge is 0.379 e. The molecular weight excluding hydrogens is 411 g/mol. The van der Waals surface area contributed by atoms with Crippen molar-refractivity contribution in [2.24, 2.45) is 16.1 Å². The van der Waals surface area contributed by atoms with Crippen LogP contribution >= 0.6 is 24.0 Å². The first-order valence-corrected chi connectivity index (χ1v) is 7.97. The molecule has 0 radical (unpaired) electrons. The summed E-state index contributed by atoms with van der Waals surface area (Å²) in [6, 6.07) is 0. The number of guanidine groups is 1. The van der Waals surface area contributed by atoms with Crippen molar-refractivity contribution in [3.8, 4) is 0 Å². The number of aliphatic imine (C=N–C) groups is 1. The quantitative estimate of drug-likeness (QED) is 0.213. The maximum atomic E-state index is 11.3. The minimum Gasteiger partial charge on any atom is -0.379 e. The second kappa shape index (κ2) is 11.9. The number of nitrogens with one attached hydrogen (secondary N) is 2. The molecule has 1 saturated heterocycles. The Morgan fingerprint density at radius 3 is 2.74 bits per heavy atom. The van der Waals surface area contributed by atoms with Crippen LogP contribution in [-0.2, 0) is 14.3 Å². The summed E-state index contributed by atoms with van der Waals surface area (Å²) in [5, 5.41) is 6.39. The third-order valence-corrected chi connectivity index (χ3v) is 3.50. The molecule has 1 aliphatic heterocycles. The first kappa shape index (κ1) is 22.4. The number of ether oxygens (including phenoxy) is 2. The van der Waals surface area contributed by atoms with Gasteiger partial charge in [-0.25, -0.2) is 0 Å². The Bertz CT molecular complexity index is 372. The number of rotatable bonds is 9. The van der Waals surface area contributed by atoms with Gasteiger partial charge in [0.15, 0.2) is 5.96 Å². The Labute approximate surface area is 156 Å². The van der Waals surface area contributed by atoms with E-state index in [1.165, 1.54) is 0 Å². The van der Waals surface area contributed by atoms with E-state index in [-0.39, 0.29) is 36.0 Å². The Kier molecular flexibility index (Phi) is 11.5. The lowest BCUT2D eigenvalue weighted by molar-refractivity contribution is -0.125. The van der Waals surface area contributed by atoms with Gasteiger partial charge in [-0.3, -0.25) is 9.79 Å². The fraction of sp³-hybridized carbons (Fsp3) is 0.867. The molecule has 8 heteroatoms. The molecule has 1 rings (SSSR count). The topological polar surface area (TPSA) is 98.0 Å². The normalized spacial score (nSPS) is 18.4. The minimum atomic E-state index is -0.645. The number of amides is 1. The number of primary amides is 1. The molecule has 7 nitrogen and oxygen atoms in total. The van der Waals surface area contributed by atoms with E-state index in [1.807, 2.05) is 6.92 Å². The van der Waals surface area contributed by atoms with Crippen LogP contribution in [0.3, 0.4) is 0 Å². The number of halogens is 1. The van der Waals surface area contributed by atoms with Crippen LogP contribution in [0.15, 0.2) is 4.99 Å². The van der Waals surface area contributed by atoms with Crippen LogP contribution < -0.4 is 16.4 Å². The number of hydrogen-bond acceptors (Lipinski definition) is 4. The highest BCUT2D eigenvalue weighted by Crippen LogP contribution is 2.13. The van der Waals surface area contributed by atoms with Gasteiger partial charge in [-0.05, 0) is 33.6 Å². The highest BCUT2D eigenvalue weighted by Gasteiger charge is 2.24. The van der Waals surface area contributed by atoms with Crippen molar-refractivity contribution in [2.45, 2.75) is 39.7 Å². The molecule has 1 atom stereocenters. The van der Waals surface area contributed by atoms with E-state index in [1.54, 1.807) is 13.8 Å². The van der Waals surface area contributed by atoms with Gasteiger partial charge in [0.1, 0.15) is 0 Å². The van der Waals surface area contributed by atoms with E-state index in [0.717, 1.165) is 32.5 Å². The van der Waals surface area contributed by atoms with Crippen LogP contribution in [0.5, 0.6) is 0 Å². The molecule has 1 fully saturated rings. The predicted molar refractivity (Wildman–Crippen MR) is 102 cm³/mol. The van der Waals surface area contributed by atoms with Crippen LogP contribution in [-0.4, -0.2) is 57.4 Å². The number of nitrogens with zero attached hydrogens (tertiary/aromatic N) is 1. The van der Waals surface area contributed by atoms with Crippen molar-refractivity contribution in [2.75, 3.05) is 39.5 Å². The lowest BCUT2D eigenvalue weighted by Gasteiger charge is -2.19. The van der Waals surface area contributed by atoms with Gasteiger partial charge in [0.2, 0.25) is 5.91 Å². The van der Waals surface area contributed by atoms with Crippen LogP contribution in [0.25, 0.3) is 0 Å². The van der Waals surface area contributed by atoms with E-state index in [0.29, 0.717) is 25.7 Å². The second-order valence-electron chi connectivity index (χ2n) is 6.08. The van der Waals surface area contributed by atoms with Crippen LogP contribution in [0.1, 0.15) is 33.6 Å². The van der Waals surface area contributed by atoms with E-state index in [2.05, 4.69) is 15.6 Å². The van der Waals surface area contributed by atoms with Crippen molar-refractivity contribution in [3.05, 3.63) is 0 Å². The van der Waals surface area contributed by atoms with E-state index in [4.69, 9.17) is 15.2 Å². The SMILES string of the molecule is CCNC(=NCC(C)(C)C(N)=O)NCCCOC1CCOC1.I. The summed E-state index contributed by atoms with van der Waals surface area (Å²) < 4.78 is 11.0. The fourth-order valence-corrected chi connectivity index (χ4v) is 1.87. The average Bonchev–Trinajstić information content (AvgIpc) is 2.97. The number of carbonyl (C=O) groups excluding carboxylic acids is 1. The molecule has 1 heterocycles. The van der Waals surface area contributed by atoms with E-state index >= 15 is 0 Å². The highest BCUT2D eigenvalue weighted by molar-refractivity contribution is 14.0. The predicted octanol–water partition coefficient (Wildman–Crippen LogP) is 0.867. The van der Waals surface area contributed by atoms with Gasteiger partial charge in [0, 0.05) is 26.3 Å². The number of carbonyl (C=O) groups is 1. The molecule has 136 valence electrons. The van der Waals surface area contributed by atoms with Crippen molar-refractivity contribution in [1.82, 2.24) is 10.6 Å². The Hall–Kier alpha value is -0.610. The number of hydrogen-bond donors (Lipinski definition) is 3. The molecule has 0 aromatic rings. The zero-order valence-electron chi connectivity index (χ0n) is 14.4. The molecule has 1 unspecified atom stereocenters. The lowest BCUT2D eigenvalue weighted by atomic mass is 9.93. The van der Waals surface area contributed by atoms with Crippen molar-refractivity contribution in [1.29, 1.82) is 0 Å². The summed E-state index contributed by atoms with van der Waals surface area (Å²) in [6.45, 7) is 9.67. The molecule has 0 aromatic carbocycles. The van der Waals surface area contributed by atoms with Crippen molar-refractivity contribution >= 4 is 35.8 Å². The van der Waals surface area contributed by atoms with Crippen LogP contribution in [0, 0.1) is 5.41 Å². The fourth-order valence-electron chi connectivity index (χ4n) is 1.87. The third kappa shape index (κ3) is 9.31. The third-order valence-electron chi connectivity index (χ3n) is 3.50. The van der Waals surface area contributed by atoms with Gasteiger partial charge in [-0.1, -0.05) is 0 Å². The first-order valence-electron chi connectivity index (χ1n) is 7.97. The summed E-state index contributed by atoms with van der Waals surface area (Å²) in [4.78, 5) is 15.7. The van der Waals surface area contributed by atoms with E-state index in [9.17, 15) is 4.79 Å². The molecule has 0 spiro atoms. The second-order valence-corrected chi connectivity index (χ2v) is 6.08. The molecule has 0 saturated carbocycles. The monoisotopic (exact) mass is 442 g/mol. The molecule has 0 aliphatic carbocycles. The van der Waals surface area contributed by atoms with Crippen LogP contribution in [0.4, 0.5) is 0 Å². The molecular formula is C15H31IN4O3. The summed E-state index contributed by atoms with van der Waals surface area (Å²) in [7, 11) is 0. The summed E-state index contributed by atoms with van der Waals surface area (Å²) >= 11 is 0. The molecule has 0 bridgehead atoms. The maximum absolute atomic E-state index is 11.3. The Balaban J connectivity index is 0.00000484. The standard InChI is InChI=1S/C15H30N4O3.HI/c1-4-17-14(19-11-15(2,3)13(16)20)18-7-5-8-22-12-6-9-21-10-12;/h12H,4-11H2,1-3H3,(H2,16,20)(H2,17,18,19);1H. The zero-order chi connectivity index (χ0) is 16.4. The number of nitrogens with two attached hydrogens (primary N) is 1. The highest BCUT2D eigenvalue weighted by atomic mass is 127. The molecule has 1 aliphatic rings. The average molecular weight is 442 g/mol. The van der Waals surface area contributed by atoms with Gasteiger partial charge < -0.3 is 25.8 Å². The van der Waals surface area contributed by atoms with Crippen LogP contribution in [0.2, 0.25) is 0 Å². The Morgan fingerprint density at radius 2 is 2.17 bits per heavy atom. The van der Waals surface area contributed by atoms with E-state index < -0.39 is 5.41 Å². The maximum Gasteiger partial charge on any atom is 0.224 e. The zero-order valence-corrected chi connectivity index (χ0v) is 16.7. The minimum absolute atomic E-state index is 0. The van der Waals surface area contributed by atoms with Gasteiger partial charge in [-0.2, -0.15) is 0 Å². The van der Waals surface area contributed by atoms with Gasteiger partial charge in [-0.15, -0.1) is 24.0 Å². The molecule has 0 aromatic heterocycles. The van der Waals surface area contributed by atoms with Gasteiger partial charge >= 0.3 is 0 Å². The summed E-state index contributed by atoms with van der Waals surface area (Å²) in [5.74, 6) is 0.348. The smallest absolute Gasteiger partial charge is 0.224 e. The summed E-state index contributed by atoms with van der Waals surface area (Å²) in [6.07, 6.45) is 2.12. The Morgan fingerprint density at radius 1 is 1.43 bits per heavy atom. The van der Waals surface area contributed by atoms with Gasteiger partial charge in [0.25, 0.3) is 0 Å². The first-order chi connectivity index (χ1) is 10.5. The van der Waals surface area contributed by atoms with Crippen molar-refractivity contribution < 1.29 is 14.3 Å². The lowest BCUT2D eigenvalue weighted by Crippen LogP contribution is -2.40. The van der Waals surface area contributed by atoms with Gasteiger partial charge in [0.05, 0.1) is 24.7 Å². The molecule has 4 N–H and O–H groups in total. The molecule has 1 amide bonds.